The van der Waals surface area contributed by atoms with Crippen LogP contribution in [0.4, 0.5) is 5.82 Å². The third-order valence-corrected chi connectivity index (χ3v) is 7.26. The molecule has 1 saturated heterocycles. The number of rotatable bonds is 8. The van der Waals surface area contributed by atoms with E-state index in [9.17, 15) is 13.2 Å². The topological polar surface area (TPSA) is 160 Å². The van der Waals surface area contributed by atoms with Crippen LogP contribution in [0.5, 0.6) is 0 Å². The molecule has 6 N–H and O–H groups in total. The number of amides is 1. The molecule has 4 rings (SSSR count). The Morgan fingerprint density at radius 3 is 2.59 bits per heavy atom. The lowest BCUT2D eigenvalue weighted by molar-refractivity contribution is -0.123. The Morgan fingerprint density at radius 1 is 1.21 bits per heavy atom. The first-order chi connectivity index (χ1) is 16.1. The summed E-state index contributed by atoms with van der Waals surface area (Å²) in [6, 6.07) is 8.34. The highest BCUT2D eigenvalue weighted by molar-refractivity contribution is 7.89. The summed E-state index contributed by atoms with van der Waals surface area (Å²) in [6.45, 7) is 1.32. The number of carbonyl (C=O) groups is 1. The Morgan fingerprint density at radius 2 is 1.91 bits per heavy atom. The zero-order valence-corrected chi connectivity index (χ0v) is 20.1. The average Bonchev–Trinajstić information content (AvgIpc) is 3.26. The van der Waals surface area contributed by atoms with Crippen molar-refractivity contribution in [3.8, 4) is 0 Å². The van der Waals surface area contributed by atoms with Gasteiger partial charge in [-0.3, -0.25) is 4.79 Å². The van der Waals surface area contributed by atoms with Crippen LogP contribution < -0.4 is 21.1 Å². The number of piperidine rings is 1. The number of aromatic nitrogens is 3. The first kappa shape index (κ1) is 24.4. The van der Waals surface area contributed by atoms with Gasteiger partial charge in [-0.25, -0.2) is 23.5 Å². The number of fused-ring (bicyclic) bond motifs is 1. The predicted octanol–water partition coefficient (Wildman–Crippen LogP) is 1.84. The molecule has 0 radical (unpaired) electrons. The number of nitrogens with two attached hydrogens (primary N) is 2. The number of nitrogens with one attached hydrogen (secondary N) is 2. The normalized spacial score (nSPS) is 17.0. The molecule has 12 heteroatoms. The number of anilines is 1. The summed E-state index contributed by atoms with van der Waals surface area (Å²) in [5.74, 6) is 0.361. The first-order valence-corrected chi connectivity index (χ1v) is 13.1. The van der Waals surface area contributed by atoms with Crippen molar-refractivity contribution in [1.29, 1.82) is 0 Å². The number of halogens is 1. The number of sulfonamides is 1. The largest absolute Gasteiger partial charge is 0.356 e. The van der Waals surface area contributed by atoms with Gasteiger partial charge in [0.2, 0.25) is 15.9 Å². The third kappa shape index (κ3) is 6.03. The molecule has 0 spiro atoms. The van der Waals surface area contributed by atoms with E-state index >= 15 is 0 Å². The van der Waals surface area contributed by atoms with E-state index in [0.29, 0.717) is 31.0 Å². The van der Waals surface area contributed by atoms with Crippen LogP contribution in [0.2, 0.25) is 5.02 Å². The van der Waals surface area contributed by atoms with Gasteiger partial charge in [-0.1, -0.05) is 23.7 Å². The minimum absolute atomic E-state index is 0.129. The number of benzene rings is 1. The molecule has 0 aliphatic carbocycles. The zero-order valence-electron chi connectivity index (χ0n) is 18.6. The molecule has 1 aromatic carbocycles. The van der Waals surface area contributed by atoms with E-state index in [4.69, 9.17) is 22.5 Å². The molecule has 0 saturated carbocycles. The molecule has 1 amide bonds. The summed E-state index contributed by atoms with van der Waals surface area (Å²) in [5, 5.41) is 9.62. The molecule has 3 heterocycles. The van der Waals surface area contributed by atoms with Crippen LogP contribution in [0.3, 0.4) is 0 Å². The third-order valence-electron chi connectivity index (χ3n) is 6.20. The number of carbonyl (C=O) groups excluding carboxylic acids is 1. The van der Waals surface area contributed by atoms with Gasteiger partial charge in [-0.2, -0.15) is 0 Å². The maximum atomic E-state index is 12.9. The molecule has 0 bridgehead atoms. The van der Waals surface area contributed by atoms with Crippen molar-refractivity contribution >= 4 is 44.4 Å². The molecule has 34 heavy (non-hydrogen) atoms. The second-order valence-corrected chi connectivity index (χ2v) is 11.0. The Labute approximate surface area is 203 Å². The fraction of sp³-hybridized carbons (Fsp3) is 0.409. The van der Waals surface area contributed by atoms with Crippen molar-refractivity contribution in [1.82, 2.24) is 20.3 Å². The standard InChI is InChI=1S/C22H28ClN7O3S/c23-16-3-1-15(2-4-16)18(6-12-34(25,32)33)29-19(31)13-22(24)7-10-30(11-8-22)21-17-5-9-26-20(17)27-14-28-21/h1-5,9,14,18H,6-8,10-13,24H2,(H,29,31)(H2,25,32,33)(H,26,27,28). The van der Waals surface area contributed by atoms with Crippen molar-refractivity contribution in [3.05, 3.63) is 53.4 Å². The molecule has 1 aliphatic rings. The average molecular weight is 506 g/mol. The Kier molecular flexibility index (Phi) is 7.08. The van der Waals surface area contributed by atoms with Gasteiger partial charge < -0.3 is 20.9 Å². The van der Waals surface area contributed by atoms with Crippen LogP contribution in [-0.4, -0.2) is 53.7 Å². The van der Waals surface area contributed by atoms with Crippen molar-refractivity contribution in [2.75, 3.05) is 23.7 Å². The molecule has 1 fully saturated rings. The van der Waals surface area contributed by atoms with E-state index in [1.807, 2.05) is 12.3 Å². The molecular formula is C22H28ClN7O3S. The maximum Gasteiger partial charge on any atom is 0.222 e. The fourth-order valence-corrected chi connectivity index (χ4v) is 5.01. The molecule has 2 aromatic heterocycles. The van der Waals surface area contributed by atoms with Gasteiger partial charge >= 0.3 is 0 Å². The minimum Gasteiger partial charge on any atom is -0.356 e. The van der Waals surface area contributed by atoms with Crippen molar-refractivity contribution < 1.29 is 13.2 Å². The van der Waals surface area contributed by atoms with Gasteiger partial charge in [0.1, 0.15) is 17.8 Å². The van der Waals surface area contributed by atoms with Crippen LogP contribution in [0.15, 0.2) is 42.9 Å². The van der Waals surface area contributed by atoms with E-state index in [1.54, 1.807) is 24.3 Å². The highest BCUT2D eigenvalue weighted by Gasteiger charge is 2.34. The van der Waals surface area contributed by atoms with E-state index in [0.717, 1.165) is 22.4 Å². The fourth-order valence-electron chi connectivity index (χ4n) is 4.32. The van der Waals surface area contributed by atoms with Crippen LogP contribution in [0, 0.1) is 0 Å². The number of hydrogen-bond donors (Lipinski definition) is 4. The molecule has 3 aromatic rings. The lowest BCUT2D eigenvalue weighted by Gasteiger charge is -2.39. The van der Waals surface area contributed by atoms with Crippen molar-refractivity contribution in [2.45, 2.75) is 37.3 Å². The number of hydrogen-bond acceptors (Lipinski definition) is 7. The lowest BCUT2D eigenvalue weighted by atomic mass is 9.85. The van der Waals surface area contributed by atoms with Gasteiger partial charge in [-0.05, 0) is 43.0 Å². The van der Waals surface area contributed by atoms with E-state index in [1.165, 1.54) is 6.33 Å². The molecule has 10 nitrogen and oxygen atoms in total. The van der Waals surface area contributed by atoms with Crippen molar-refractivity contribution in [3.63, 3.8) is 0 Å². The summed E-state index contributed by atoms with van der Waals surface area (Å²) in [5.41, 5.74) is 7.47. The molecule has 1 aliphatic heterocycles. The van der Waals surface area contributed by atoms with E-state index in [2.05, 4.69) is 25.2 Å². The molecule has 1 atom stereocenters. The second-order valence-electron chi connectivity index (χ2n) is 8.79. The number of H-pyrrole nitrogens is 1. The molecular weight excluding hydrogens is 478 g/mol. The van der Waals surface area contributed by atoms with Crippen molar-refractivity contribution in [2.24, 2.45) is 10.9 Å². The van der Waals surface area contributed by atoms with Gasteiger partial charge in [0.15, 0.2) is 0 Å². The van der Waals surface area contributed by atoms with Crippen LogP contribution in [0.1, 0.15) is 37.3 Å². The zero-order chi connectivity index (χ0) is 24.3. The van der Waals surface area contributed by atoms with E-state index < -0.39 is 21.6 Å². The molecule has 182 valence electrons. The molecule has 1 unspecified atom stereocenters. The smallest absolute Gasteiger partial charge is 0.222 e. The summed E-state index contributed by atoms with van der Waals surface area (Å²) < 4.78 is 23.0. The summed E-state index contributed by atoms with van der Waals surface area (Å²) in [4.78, 5) is 26.9. The van der Waals surface area contributed by atoms with E-state index in [-0.39, 0.29) is 24.5 Å². The predicted molar refractivity (Wildman–Crippen MR) is 132 cm³/mol. The quantitative estimate of drug-likeness (QED) is 0.363. The summed E-state index contributed by atoms with van der Waals surface area (Å²) in [6.07, 6.45) is 4.86. The lowest BCUT2D eigenvalue weighted by Crippen LogP contribution is -2.53. The van der Waals surface area contributed by atoms with Gasteiger partial charge in [0.25, 0.3) is 0 Å². The van der Waals surface area contributed by atoms with Gasteiger partial charge in [0.05, 0.1) is 17.2 Å². The Hall–Kier alpha value is -2.73. The first-order valence-electron chi connectivity index (χ1n) is 11.0. The Bertz CT molecular complexity index is 1250. The minimum atomic E-state index is -3.67. The van der Waals surface area contributed by atoms with Crippen LogP contribution in [-0.2, 0) is 14.8 Å². The second kappa shape index (κ2) is 9.87. The summed E-state index contributed by atoms with van der Waals surface area (Å²) >= 11 is 5.97. The summed E-state index contributed by atoms with van der Waals surface area (Å²) in [7, 11) is -3.67. The Balaban J connectivity index is 1.39. The van der Waals surface area contributed by atoms with Crippen LogP contribution in [0.25, 0.3) is 11.0 Å². The van der Waals surface area contributed by atoms with Gasteiger partial charge in [0, 0.05) is 36.3 Å². The maximum absolute atomic E-state index is 12.9. The number of primary sulfonamides is 1. The monoisotopic (exact) mass is 505 g/mol. The highest BCUT2D eigenvalue weighted by Crippen LogP contribution is 2.30. The number of aromatic amines is 1. The number of nitrogens with zero attached hydrogens (tertiary/aromatic N) is 3. The highest BCUT2D eigenvalue weighted by atomic mass is 35.5. The van der Waals surface area contributed by atoms with Gasteiger partial charge in [-0.15, -0.1) is 0 Å². The SMILES string of the molecule is NC1(CC(=O)NC(CCS(N)(=O)=O)c2ccc(Cl)cc2)CCN(c2ncnc3[nH]ccc23)CC1. The van der Waals surface area contributed by atoms with Crippen LogP contribution >= 0.6 is 11.6 Å².